The van der Waals surface area contributed by atoms with Gasteiger partial charge in [-0.3, -0.25) is 0 Å². The molecule has 1 aliphatic heterocycles. The molecule has 1 fully saturated rings. The highest BCUT2D eigenvalue weighted by molar-refractivity contribution is 9.10. The summed E-state index contributed by atoms with van der Waals surface area (Å²) in [5, 5.41) is 0. The van der Waals surface area contributed by atoms with E-state index in [1.807, 2.05) is 30.3 Å². The van der Waals surface area contributed by atoms with Gasteiger partial charge in [-0.05, 0) is 40.5 Å². The van der Waals surface area contributed by atoms with Crippen LogP contribution in [0, 0.1) is 0 Å². The first-order valence-electron chi connectivity index (χ1n) is 7.09. The molecule has 1 aromatic carbocycles. The zero-order chi connectivity index (χ0) is 16.4. The molecule has 6 nitrogen and oxygen atoms in total. The number of ether oxygens (including phenoxy) is 1. The Balaban J connectivity index is 1.76. The SMILES string of the molecule is Nc1ncc(Br)cc1S(=O)(=O)N1CCC(Oc2ccccc2)C1. The van der Waals surface area contributed by atoms with Crippen molar-refractivity contribution >= 4 is 31.8 Å². The standard InChI is InChI=1S/C15H16BrN3O3S/c16-11-8-14(15(17)18-9-11)23(20,21)19-7-6-13(10-19)22-12-4-2-1-3-5-12/h1-5,8-9,13H,6-7,10H2,(H2,17,18). The normalized spacial score (nSPS) is 18.9. The first-order valence-corrected chi connectivity index (χ1v) is 9.33. The van der Waals surface area contributed by atoms with Crippen molar-refractivity contribution in [3.63, 3.8) is 0 Å². The molecular weight excluding hydrogens is 382 g/mol. The number of pyridine rings is 1. The van der Waals surface area contributed by atoms with E-state index in [1.54, 1.807) is 0 Å². The molecule has 3 rings (SSSR count). The van der Waals surface area contributed by atoms with E-state index in [2.05, 4.69) is 20.9 Å². The fourth-order valence-corrected chi connectivity index (χ4v) is 4.54. The number of nitrogens with two attached hydrogens (primary N) is 1. The molecule has 1 unspecified atom stereocenters. The molecule has 0 spiro atoms. The van der Waals surface area contributed by atoms with Crippen LogP contribution in [0.1, 0.15) is 6.42 Å². The number of nitrogens with zero attached hydrogens (tertiary/aromatic N) is 2. The Bertz CT molecular complexity index is 799. The average molecular weight is 398 g/mol. The Hall–Kier alpha value is -1.64. The molecule has 2 heterocycles. The smallest absolute Gasteiger partial charge is 0.246 e. The van der Waals surface area contributed by atoms with E-state index < -0.39 is 10.0 Å². The highest BCUT2D eigenvalue weighted by Gasteiger charge is 2.35. The Morgan fingerprint density at radius 1 is 1.30 bits per heavy atom. The van der Waals surface area contributed by atoms with Crippen LogP contribution < -0.4 is 10.5 Å². The molecule has 1 saturated heterocycles. The van der Waals surface area contributed by atoms with Crippen molar-refractivity contribution in [3.05, 3.63) is 47.1 Å². The summed E-state index contributed by atoms with van der Waals surface area (Å²) in [6.07, 6.45) is 1.93. The third-order valence-electron chi connectivity index (χ3n) is 3.62. The van der Waals surface area contributed by atoms with Gasteiger partial charge in [0.1, 0.15) is 22.6 Å². The Kier molecular flexibility index (Phi) is 4.56. The van der Waals surface area contributed by atoms with Crippen LogP contribution >= 0.6 is 15.9 Å². The maximum Gasteiger partial charge on any atom is 0.246 e. The van der Waals surface area contributed by atoms with Crippen LogP contribution in [0.25, 0.3) is 0 Å². The second kappa shape index (κ2) is 6.46. The van der Waals surface area contributed by atoms with Gasteiger partial charge in [-0.2, -0.15) is 4.31 Å². The molecule has 1 aliphatic rings. The maximum atomic E-state index is 12.7. The predicted octanol–water partition coefficient (Wildman–Crippen LogP) is 2.27. The second-order valence-corrected chi connectivity index (χ2v) is 8.06. The quantitative estimate of drug-likeness (QED) is 0.854. The Morgan fingerprint density at radius 3 is 2.78 bits per heavy atom. The largest absolute Gasteiger partial charge is 0.489 e. The molecule has 0 bridgehead atoms. The van der Waals surface area contributed by atoms with E-state index in [9.17, 15) is 8.42 Å². The number of para-hydroxylation sites is 1. The van der Waals surface area contributed by atoms with Gasteiger partial charge in [0.05, 0.1) is 6.54 Å². The van der Waals surface area contributed by atoms with Crippen molar-refractivity contribution in [2.75, 3.05) is 18.8 Å². The number of anilines is 1. The highest BCUT2D eigenvalue weighted by Crippen LogP contribution is 2.28. The molecule has 122 valence electrons. The zero-order valence-electron chi connectivity index (χ0n) is 12.2. The second-order valence-electron chi connectivity index (χ2n) is 5.24. The first-order chi connectivity index (χ1) is 11.0. The summed E-state index contributed by atoms with van der Waals surface area (Å²) in [7, 11) is -3.68. The van der Waals surface area contributed by atoms with Crippen LogP contribution in [0.2, 0.25) is 0 Å². The van der Waals surface area contributed by atoms with Crippen molar-refractivity contribution in [3.8, 4) is 5.75 Å². The van der Waals surface area contributed by atoms with E-state index in [0.29, 0.717) is 24.0 Å². The summed E-state index contributed by atoms with van der Waals surface area (Å²) >= 11 is 3.23. The van der Waals surface area contributed by atoms with Crippen molar-refractivity contribution in [1.29, 1.82) is 0 Å². The van der Waals surface area contributed by atoms with Crippen molar-refractivity contribution in [1.82, 2.24) is 9.29 Å². The van der Waals surface area contributed by atoms with Gasteiger partial charge >= 0.3 is 0 Å². The van der Waals surface area contributed by atoms with Crippen molar-refractivity contribution in [2.24, 2.45) is 0 Å². The lowest BCUT2D eigenvalue weighted by Crippen LogP contribution is -2.31. The van der Waals surface area contributed by atoms with Gasteiger partial charge in [0.2, 0.25) is 10.0 Å². The average Bonchev–Trinajstić information content (AvgIpc) is 3.00. The molecule has 8 heteroatoms. The van der Waals surface area contributed by atoms with Gasteiger partial charge in [-0.25, -0.2) is 13.4 Å². The topological polar surface area (TPSA) is 85.5 Å². The van der Waals surface area contributed by atoms with Gasteiger partial charge in [0.25, 0.3) is 0 Å². The van der Waals surface area contributed by atoms with Crippen LogP contribution in [0.3, 0.4) is 0 Å². The van der Waals surface area contributed by atoms with Gasteiger partial charge in [-0.15, -0.1) is 0 Å². The number of rotatable bonds is 4. The number of halogens is 1. The molecule has 23 heavy (non-hydrogen) atoms. The molecule has 0 radical (unpaired) electrons. The summed E-state index contributed by atoms with van der Waals surface area (Å²) in [5.74, 6) is 0.737. The van der Waals surface area contributed by atoms with Gasteiger partial charge in [0.15, 0.2) is 0 Å². The van der Waals surface area contributed by atoms with Gasteiger partial charge in [0, 0.05) is 17.2 Å². The van der Waals surface area contributed by atoms with Crippen LogP contribution in [-0.4, -0.2) is 36.9 Å². The molecule has 0 aliphatic carbocycles. The molecule has 0 amide bonds. The fourth-order valence-electron chi connectivity index (χ4n) is 2.48. The van der Waals surface area contributed by atoms with E-state index in [0.717, 1.165) is 5.75 Å². The molecule has 0 saturated carbocycles. The third kappa shape index (κ3) is 3.49. The van der Waals surface area contributed by atoms with E-state index >= 15 is 0 Å². The van der Waals surface area contributed by atoms with Crippen LogP contribution in [0.15, 0.2) is 52.0 Å². The third-order valence-corrected chi connectivity index (χ3v) is 5.95. The highest BCUT2D eigenvalue weighted by atomic mass is 79.9. The predicted molar refractivity (Wildman–Crippen MR) is 90.6 cm³/mol. The minimum absolute atomic E-state index is 0.000581. The maximum absolute atomic E-state index is 12.7. The summed E-state index contributed by atoms with van der Waals surface area (Å²) in [5.41, 5.74) is 5.73. The lowest BCUT2D eigenvalue weighted by Gasteiger charge is -2.18. The van der Waals surface area contributed by atoms with E-state index in [4.69, 9.17) is 10.5 Å². The first kappa shape index (κ1) is 16.2. The lowest BCUT2D eigenvalue weighted by molar-refractivity contribution is 0.215. The van der Waals surface area contributed by atoms with E-state index in [-0.39, 0.29) is 16.8 Å². The number of sulfonamides is 1. The summed E-state index contributed by atoms with van der Waals surface area (Å²) in [6.45, 7) is 0.689. The Morgan fingerprint density at radius 2 is 2.04 bits per heavy atom. The summed E-state index contributed by atoms with van der Waals surface area (Å²) in [4.78, 5) is 3.92. The van der Waals surface area contributed by atoms with Crippen LogP contribution in [-0.2, 0) is 10.0 Å². The van der Waals surface area contributed by atoms with E-state index in [1.165, 1.54) is 16.6 Å². The number of nitrogen functional groups attached to an aromatic ring is 1. The molecule has 1 aromatic heterocycles. The van der Waals surface area contributed by atoms with Crippen LogP contribution in [0.4, 0.5) is 5.82 Å². The fraction of sp³-hybridized carbons (Fsp3) is 0.267. The summed E-state index contributed by atoms with van der Waals surface area (Å²) < 4.78 is 33.3. The Labute approximate surface area is 143 Å². The molecule has 2 aromatic rings. The van der Waals surface area contributed by atoms with Gasteiger partial charge in [-0.1, -0.05) is 18.2 Å². The zero-order valence-corrected chi connectivity index (χ0v) is 14.6. The number of aromatic nitrogens is 1. The molecular formula is C15H16BrN3O3S. The van der Waals surface area contributed by atoms with Crippen molar-refractivity contribution < 1.29 is 13.2 Å². The number of hydrogen-bond acceptors (Lipinski definition) is 5. The monoisotopic (exact) mass is 397 g/mol. The summed E-state index contributed by atoms with van der Waals surface area (Å²) in [6, 6.07) is 10.9. The molecule has 1 atom stereocenters. The molecule has 2 N–H and O–H groups in total. The minimum atomic E-state index is -3.68. The number of hydrogen-bond donors (Lipinski definition) is 1. The van der Waals surface area contributed by atoms with Crippen LogP contribution in [0.5, 0.6) is 5.75 Å². The van der Waals surface area contributed by atoms with Crippen molar-refractivity contribution in [2.45, 2.75) is 17.4 Å². The minimum Gasteiger partial charge on any atom is -0.489 e. The van der Waals surface area contributed by atoms with Gasteiger partial charge < -0.3 is 10.5 Å². The number of benzene rings is 1. The lowest BCUT2D eigenvalue weighted by atomic mass is 10.3.